The summed E-state index contributed by atoms with van der Waals surface area (Å²) in [5.41, 5.74) is 1.22. The summed E-state index contributed by atoms with van der Waals surface area (Å²) in [6.07, 6.45) is 2.01. The number of carboxylic acids is 2. The highest BCUT2D eigenvalue weighted by atomic mass is 16.5. The smallest absolute Gasteiger partial charge is 0.328 e. The fraction of sp³-hybridized carbons (Fsp3) is 0.304. The SMILES string of the molecule is CC(C)(C)NCCC1Oc2ccccc2Oc2ccccc21.O=C(O)C=CC(=O)O. The third-order valence-electron chi connectivity index (χ3n) is 4.03. The number of carboxylic acid groups (broad SMARTS) is 2. The van der Waals surface area contributed by atoms with Crippen LogP contribution in [0, 0.1) is 0 Å². The number of hydrogen-bond acceptors (Lipinski definition) is 5. The highest BCUT2D eigenvalue weighted by Gasteiger charge is 2.24. The van der Waals surface area contributed by atoms with Crippen LogP contribution in [-0.2, 0) is 9.59 Å². The molecular weight excluding hydrogens is 386 g/mol. The zero-order valence-corrected chi connectivity index (χ0v) is 17.3. The highest BCUT2D eigenvalue weighted by Crippen LogP contribution is 2.42. The number of rotatable bonds is 5. The van der Waals surface area contributed by atoms with Crippen LogP contribution < -0.4 is 14.8 Å². The van der Waals surface area contributed by atoms with Crippen molar-refractivity contribution in [2.45, 2.75) is 38.8 Å². The molecule has 7 heteroatoms. The first-order valence-corrected chi connectivity index (χ1v) is 9.57. The summed E-state index contributed by atoms with van der Waals surface area (Å²) >= 11 is 0. The molecule has 0 bridgehead atoms. The van der Waals surface area contributed by atoms with Gasteiger partial charge in [0.25, 0.3) is 0 Å². The molecular formula is C23H27NO6. The van der Waals surface area contributed by atoms with Crippen LogP contribution >= 0.6 is 0 Å². The van der Waals surface area contributed by atoms with Gasteiger partial charge in [0.05, 0.1) is 0 Å². The Balaban J connectivity index is 0.000000343. The lowest BCUT2D eigenvalue weighted by molar-refractivity contribution is -0.134. The number of carbonyl (C=O) groups is 2. The summed E-state index contributed by atoms with van der Waals surface area (Å²) < 4.78 is 12.3. The molecule has 1 unspecified atom stereocenters. The van der Waals surface area contributed by atoms with E-state index in [-0.39, 0.29) is 11.6 Å². The second kappa shape index (κ2) is 10.5. The van der Waals surface area contributed by atoms with Crippen molar-refractivity contribution in [3.05, 3.63) is 66.2 Å². The van der Waals surface area contributed by atoms with Gasteiger partial charge in [0.15, 0.2) is 11.5 Å². The number of ether oxygens (including phenoxy) is 2. The standard InChI is InChI=1S/C19H23NO2.C4H4O4/c1-19(2,3)20-13-12-16-14-8-4-5-9-15(14)21-17-10-6-7-11-18(17)22-16;5-3(6)1-2-4(7)8/h4-11,16,20H,12-13H2,1-3H3;1-2H,(H,5,6)(H,7,8). The Morgan fingerprint density at radius 2 is 1.47 bits per heavy atom. The lowest BCUT2D eigenvalue weighted by Crippen LogP contribution is -2.37. The van der Waals surface area contributed by atoms with Crippen LogP contribution in [0.2, 0.25) is 0 Å². The summed E-state index contributed by atoms with van der Waals surface area (Å²) in [6.45, 7) is 7.42. The van der Waals surface area contributed by atoms with E-state index in [1.54, 1.807) is 0 Å². The topological polar surface area (TPSA) is 105 Å². The number of aliphatic carboxylic acids is 2. The normalized spacial score (nSPS) is 14.8. The largest absolute Gasteiger partial charge is 0.482 e. The number of benzene rings is 2. The van der Waals surface area contributed by atoms with Gasteiger partial charge in [-0.3, -0.25) is 0 Å². The van der Waals surface area contributed by atoms with E-state index in [1.165, 1.54) is 0 Å². The second-order valence-electron chi connectivity index (χ2n) is 7.67. The molecule has 30 heavy (non-hydrogen) atoms. The van der Waals surface area contributed by atoms with Crippen molar-refractivity contribution in [3.8, 4) is 17.2 Å². The summed E-state index contributed by atoms with van der Waals surface area (Å²) in [6, 6.07) is 16.0. The van der Waals surface area contributed by atoms with Crippen LogP contribution in [0.1, 0.15) is 38.9 Å². The predicted molar refractivity (Wildman–Crippen MR) is 113 cm³/mol. The second-order valence-corrected chi connectivity index (χ2v) is 7.67. The highest BCUT2D eigenvalue weighted by molar-refractivity contribution is 5.89. The zero-order chi connectivity index (χ0) is 22.1. The van der Waals surface area contributed by atoms with Crippen LogP contribution in [0.4, 0.5) is 0 Å². The molecule has 3 rings (SSSR count). The Morgan fingerprint density at radius 1 is 0.933 bits per heavy atom. The van der Waals surface area contributed by atoms with Crippen molar-refractivity contribution in [1.29, 1.82) is 0 Å². The molecule has 7 nitrogen and oxygen atoms in total. The average Bonchev–Trinajstić information content (AvgIpc) is 2.82. The van der Waals surface area contributed by atoms with Gasteiger partial charge in [-0.1, -0.05) is 30.3 Å². The summed E-state index contributed by atoms with van der Waals surface area (Å²) in [5, 5.41) is 19.1. The first kappa shape index (κ1) is 23.0. The van der Waals surface area contributed by atoms with E-state index in [1.807, 2.05) is 42.5 Å². The van der Waals surface area contributed by atoms with E-state index in [9.17, 15) is 9.59 Å². The fourth-order valence-corrected chi connectivity index (χ4v) is 2.74. The van der Waals surface area contributed by atoms with E-state index in [2.05, 4.69) is 32.2 Å². The molecule has 1 aliphatic heterocycles. The van der Waals surface area contributed by atoms with Crippen LogP contribution in [0.25, 0.3) is 0 Å². The summed E-state index contributed by atoms with van der Waals surface area (Å²) in [4.78, 5) is 19.1. The van der Waals surface area contributed by atoms with E-state index >= 15 is 0 Å². The Morgan fingerprint density at radius 3 is 2.03 bits per heavy atom. The van der Waals surface area contributed by atoms with E-state index in [4.69, 9.17) is 19.7 Å². The molecule has 0 saturated carbocycles. The molecule has 0 amide bonds. The molecule has 3 N–H and O–H groups in total. The average molecular weight is 413 g/mol. The van der Waals surface area contributed by atoms with Gasteiger partial charge in [-0.2, -0.15) is 0 Å². The molecule has 2 aromatic rings. The summed E-state index contributed by atoms with van der Waals surface area (Å²) in [7, 11) is 0. The van der Waals surface area contributed by atoms with Crippen molar-refractivity contribution >= 4 is 11.9 Å². The quantitative estimate of drug-likeness (QED) is 0.624. The Kier molecular flexibility index (Phi) is 8.00. The third-order valence-corrected chi connectivity index (χ3v) is 4.03. The minimum absolute atomic E-state index is 0.00491. The Labute approximate surface area is 176 Å². The van der Waals surface area contributed by atoms with Crippen molar-refractivity contribution in [1.82, 2.24) is 5.32 Å². The van der Waals surface area contributed by atoms with Crippen LogP contribution in [0.3, 0.4) is 0 Å². The van der Waals surface area contributed by atoms with Crippen molar-refractivity contribution in [2.75, 3.05) is 6.54 Å². The maximum atomic E-state index is 9.55. The lowest BCUT2D eigenvalue weighted by Gasteiger charge is -2.23. The van der Waals surface area contributed by atoms with E-state index < -0.39 is 11.9 Å². The maximum Gasteiger partial charge on any atom is 0.328 e. The van der Waals surface area contributed by atoms with Gasteiger partial charge in [-0.05, 0) is 45.5 Å². The Hall–Kier alpha value is -3.32. The number of para-hydroxylation sites is 3. The molecule has 0 fully saturated rings. The van der Waals surface area contributed by atoms with Gasteiger partial charge in [0.1, 0.15) is 11.9 Å². The fourth-order valence-electron chi connectivity index (χ4n) is 2.74. The van der Waals surface area contributed by atoms with Gasteiger partial charge in [0, 0.05) is 29.7 Å². The minimum Gasteiger partial charge on any atom is -0.482 e. The van der Waals surface area contributed by atoms with Gasteiger partial charge in [-0.25, -0.2) is 9.59 Å². The molecule has 1 atom stereocenters. The molecule has 0 saturated heterocycles. The monoisotopic (exact) mass is 413 g/mol. The third kappa shape index (κ3) is 7.60. The molecule has 2 aromatic carbocycles. The van der Waals surface area contributed by atoms with Crippen LogP contribution in [0.15, 0.2) is 60.7 Å². The van der Waals surface area contributed by atoms with Gasteiger partial charge in [-0.15, -0.1) is 0 Å². The van der Waals surface area contributed by atoms with Gasteiger partial charge >= 0.3 is 11.9 Å². The molecule has 1 aliphatic rings. The lowest BCUT2D eigenvalue weighted by atomic mass is 10.0. The van der Waals surface area contributed by atoms with Crippen molar-refractivity contribution in [3.63, 3.8) is 0 Å². The van der Waals surface area contributed by atoms with Crippen LogP contribution in [0.5, 0.6) is 17.2 Å². The molecule has 0 radical (unpaired) electrons. The van der Waals surface area contributed by atoms with E-state index in [0.717, 1.165) is 35.8 Å². The predicted octanol–water partition coefficient (Wildman–Crippen LogP) is 4.40. The Bertz CT molecular complexity index is 885. The zero-order valence-electron chi connectivity index (χ0n) is 17.3. The summed E-state index contributed by atoms with van der Waals surface area (Å²) in [5.74, 6) is -0.0475. The number of fused-ring (bicyclic) bond motifs is 2. The number of nitrogens with one attached hydrogen (secondary N) is 1. The van der Waals surface area contributed by atoms with Gasteiger partial charge < -0.3 is 25.0 Å². The first-order valence-electron chi connectivity index (χ1n) is 9.57. The van der Waals surface area contributed by atoms with Gasteiger partial charge in [0.2, 0.25) is 0 Å². The minimum atomic E-state index is -1.26. The van der Waals surface area contributed by atoms with Crippen LogP contribution in [-0.4, -0.2) is 34.2 Å². The molecule has 0 aromatic heterocycles. The van der Waals surface area contributed by atoms with Crippen molar-refractivity contribution in [2.24, 2.45) is 0 Å². The first-order chi connectivity index (χ1) is 14.2. The molecule has 160 valence electrons. The van der Waals surface area contributed by atoms with E-state index in [0.29, 0.717) is 12.2 Å². The number of hydrogen-bond donors (Lipinski definition) is 3. The van der Waals surface area contributed by atoms with Crippen molar-refractivity contribution < 1.29 is 29.3 Å². The maximum absolute atomic E-state index is 9.55. The molecule has 0 aliphatic carbocycles. The molecule has 1 heterocycles. The molecule has 0 spiro atoms.